The molecular weight excluding hydrogens is 347 g/mol. The molecular formula is C18H14Cl2N2O2. The summed E-state index contributed by atoms with van der Waals surface area (Å²) in [5.74, 6) is 0.140. The van der Waals surface area contributed by atoms with Gasteiger partial charge in [0, 0.05) is 0 Å². The van der Waals surface area contributed by atoms with Gasteiger partial charge < -0.3 is 4.74 Å². The topological polar surface area (TPSA) is 44.1 Å². The second-order valence-corrected chi connectivity index (χ2v) is 5.91. The van der Waals surface area contributed by atoms with Crippen LogP contribution >= 0.6 is 23.2 Å². The maximum absolute atomic E-state index is 12.2. The molecule has 0 unspecified atom stereocenters. The molecule has 0 amide bonds. The van der Waals surface area contributed by atoms with Crippen LogP contribution in [-0.4, -0.2) is 9.78 Å². The zero-order chi connectivity index (χ0) is 16.9. The number of ether oxygens (including phenoxy) is 1. The number of nitrogens with zero attached hydrogens (tertiary/aromatic N) is 2. The van der Waals surface area contributed by atoms with Gasteiger partial charge in [-0.15, -0.1) is 5.10 Å². The van der Waals surface area contributed by atoms with Gasteiger partial charge in [-0.2, -0.15) is 0 Å². The molecule has 0 bridgehead atoms. The maximum atomic E-state index is 12.2. The third-order valence-corrected chi connectivity index (χ3v) is 4.21. The molecule has 0 aliphatic heterocycles. The highest BCUT2D eigenvalue weighted by atomic mass is 35.5. The van der Waals surface area contributed by atoms with E-state index >= 15 is 0 Å². The van der Waals surface area contributed by atoms with Gasteiger partial charge in [-0.1, -0.05) is 83.9 Å². The molecule has 4 nitrogen and oxygen atoms in total. The molecule has 0 aliphatic carbocycles. The molecule has 2 aromatic carbocycles. The Bertz CT molecular complexity index is 881. The van der Waals surface area contributed by atoms with Crippen LogP contribution in [0.1, 0.15) is 11.1 Å². The van der Waals surface area contributed by atoms with Gasteiger partial charge in [0.15, 0.2) is 0 Å². The van der Waals surface area contributed by atoms with E-state index in [4.69, 9.17) is 27.9 Å². The molecule has 0 aliphatic rings. The van der Waals surface area contributed by atoms with Crippen LogP contribution in [0, 0.1) is 0 Å². The summed E-state index contributed by atoms with van der Waals surface area (Å²) in [6.07, 6.45) is 0. The number of halogens is 2. The molecule has 0 spiro atoms. The Labute approximate surface area is 149 Å². The lowest BCUT2D eigenvalue weighted by Crippen LogP contribution is -2.25. The Balaban J connectivity index is 1.88. The van der Waals surface area contributed by atoms with Crippen molar-refractivity contribution < 1.29 is 4.74 Å². The Hall–Kier alpha value is -2.30. The highest BCUT2D eigenvalue weighted by Gasteiger charge is 2.16. The van der Waals surface area contributed by atoms with E-state index in [1.807, 2.05) is 60.7 Å². The number of hydrogen-bond donors (Lipinski definition) is 0. The number of aromatic nitrogens is 2. The lowest BCUT2D eigenvalue weighted by molar-refractivity contribution is 0.284. The Morgan fingerprint density at radius 3 is 2.08 bits per heavy atom. The van der Waals surface area contributed by atoms with Crippen molar-refractivity contribution in [1.82, 2.24) is 9.78 Å². The van der Waals surface area contributed by atoms with Crippen LogP contribution in [0.4, 0.5) is 0 Å². The van der Waals surface area contributed by atoms with Crippen molar-refractivity contribution in [3.05, 3.63) is 92.2 Å². The fourth-order valence-electron chi connectivity index (χ4n) is 2.18. The minimum absolute atomic E-state index is 0.0295. The molecule has 3 aromatic rings. The molecule has 1 heterocycles. The van der Waals surface area contributed by atoms with Gasteiger partial charge in [-0.3, -0.25) is 4.79 Å². The normalized spacial score (nSPS) is 10.6. The standard InChI is InChI=1S/C18H14Cl2N2O2/c19-15-16(20)18(23)22(11-13-7-3-1-4-8-13)21-17(15)24-12-14-9-5-2-6-10-14/h1-10H,11-12H2. The average molecular weight is 361 g/mol. The van der Waals surface area contributed by atoms with E-state index in [9.17, 15) is 4.79 Å². The fraction of sp³-hybridized carbons (Fsp3) is 0.111. The zero-order valence-corrected chi connectivity index (χ0v) is 14.2. The summed E-state index contributed by atoms with van der Waals surface area (Å²) in [6, 6.07) is 19.1. The van der Waals surface area contributed by atoms with Crippen LogP contribution in [0.2, 0.25) is 10.0 Å². The summed E-state index contributed by atoms with van der Waals surface area (Å²) in [5, 5.41) is 4.15. The van der Waals surface area contributed by atoms with E-state index in [1.54, 1.807) is 0 Å². The quantitative estimate of drug-likeness (QED) is 0.685. The number of rotatable bonds is 5. The first-order chi connectivity index (χ1) is 11.6. The molecule has 1 aromatic heterocycles. The summed E-state index contributed by atoms with van der Waals surface area (Å²) >= 11 is 12.2. The number of hydrogen-bond acceptors (Lipinski definition) is 3. The van der Waals surface area contributed by atoms with Crippen LogP contribution in [0.5, 0.6) is 5.88 Å². The molecule has 24 heavy (non-hydrogen) atoms. The first-order valence-electron chi connectivity index (χ1n) is 7.32. The Morgan fingerprint density at radius 2 is 1.46 bits per heavy atom. The second-order valence-electron chi connectivity index (χ2n) is 5.16. The molecule has 122 valence electrons. The first kappa shape index (κ1) is 16.6. The van der Waals surface area contributed by atoms with Crippen molar-refractivity contribution in [1.29, 1.82) is 0 Å². The summed E-state index contributed by atoms with van der Waals surface area (Å²) < 4.78 is 6.90. The Morgan fingerprint density at radius 1 is 0.875 bits per heavy atom. The van der Waals surface area contributed by atoms with E-state index in [2.05, 4.69) is 5.10 Å². The summed E-state index contributed by atoms with van der Waals surface area (Å²) in [5.41, 5.74) is 1.45. The predicted molar refractivity (Wildman–Crippen MR) is 94.8 cm³/mol. The molecule has 0 saturated heterocycles. The minimum atomic E-state index is -0.447. The molecule has 6 heteroatoms. The van der Waals surface area contributed by atoms with Gasteiger partial charge in [0.2, 0.25) is 0 Å². The smallest absolute Gasteiger partial charge is 0.287 e. The van der Waals surface area contributed by atoms with Crippen molar-refractivity contribution >= 4 is 23.2 Å². The SMILES string of the molecule is O=c1c(Cl)c(Cl)c(OCc2ccccc2)nn1Cc1ccccc1. The number of benzene rings is 2. The molecule has 0 radical (unpaired) electrons. The van der Waals surface area contributed by atoms with Gasteiger partial charge in [0.05, 0.1) is 6.54 Å². The van der Waals surface area contributed by atoms with E-state index < -0.39 is 5.56 Å². The van der Waals surface area contributed by atoms with Gasteiger partial charge in [0.1, 0.15) is 16.7 Å². The van der Waals surface area contributed by atoms with E-state index in [-0.39, 0.29) is 29.1 Å². The van der Waals surface area contributed by atoms with Crippen LogP contribution in [0.3, 0.4) is 0 Å². The van der Waals surface area contributed by atoms with Crippen molar-refractivity contribution in [3.8, 4) is 5.88 Å². The predicted octanol–water partition coefficient (Wildman–Crippen LogP) is 4.18. The van der Waals surface area contributed by atoms with Crippen molar-refractivity contribution in [2.24, 2.45) is 0 Å². The van der Waals surface area contributed by atoms with Gasteiger partial charge in [-0.05, 0) is 11.1 Å². The van der Waals surface area contributed by atoms with Crippen LogP contribution in [0.25, 0.3) is 0 Å². The summed E-state index contributed by atoms with van der Waals surface area (Å²) in [6.45, 7) is 0.575. The average Bonchev–Trinajstić information content (AvgIpc) is 2.63. The van der Waals surface area contributed by atoms with Crippen LogP contribution < -0.4 is 10.3 Å². The third-order valence-electron chi connectivity index (χ3n) is 3.41. The van der Waals surface area contributed by atoms with E-state index in [0.29, 0.717) is 0 Å². The van der Waals surface area contributed by atoms with Crippen molar-refractivity contribution in [2.45, 2.75) is 13.2 Å². The summed E-state index contributed by atoms with van der Waals surface area (Å²) in [4.78, 5) is 12.2. The molecule has 0 fully saturated rings. The first-order valence-corrected chi connectivity index (χ1v) is 8.07. The lowest BCUT2D eigenvalue weighted by atomic mass is 10.2. The second kappa shape index (κ2) is 7.51. The highest BCUT2D eigenvalue weighted by Crippen LogP contribution is 2.27. The van der Waals surface area contributed by atoms with Crippen LogP contribution in [-0.2, 0) is 13.2 Å². The van der Waals surface area contributed by atoms with E-state index in [0.717, 1.165) is 11.1 Å². The van der Waals surface area contributed by atoms with Crippen molar-refractivity contribution in [2.75, 3.05) is 0 Å². The van der Waals surface area contributed by atoms with Gasteiger partial charge in [-0.25, -0.2) is 4.68 Å². The maximum Gasteiger partial charge on any atom is 0.287 e. The third kappa shape index (κ3) is 3.78. The van der Waals surface area contributed by atoms with E-state index in [1.165, 1.54) is 4.68 Å². The van der Waals surface area contributed by atoms with Crippen molar-refractivity contribution in [3.63, 3.8) is 0 Å². The minimum Gasteiger partial charge on any atom is -0.471 e. The highest BCUT2D eigenvalue weighted by molar-refractivity contribution is 6.42. The van der Waals surface area contributed by atoms with Crippen LogP contribution in [0.15, 0.2) is 65.5 Å². The molecule has 0 saturated carbocycles. The molecule has 0 N–H and O–H groups in total. The lowest BCUT2D eigenvalue weighted by Gasteiger charge is -2.11. The molecule has 0 atom stereocenters. The monoisotopic (exact) mass is 360 g/mol. The Kier molecular flexibility index (Phi) is 5.18. The molecule has 3 rings (SSSR count). The summed E-state index contributed by atoms with van der Waals surface area (Å²) in [7, 11) is 0. The van der Waals surface area contributed by atoms with Gasteiger partial charge in [0.25, 0.3) is 11.4 Å². The fourth-order valence-corrected chi connectivity index (χ4v) is 2.53. The largest absolute Gasteiger partial charge is 0.471 e. The zero-order valence-electron chi connectivity index (χ0n) is 12.7. The van der Waals surface area contributed by atoms with Gasteiger partial charge >= 0.3 is 0 Å².